The van der Waals surface area contributed by atoms with E-state index < -0.39 is 28.1 Å². The molecule has 0 aromatic heterocycles. The summed E-state index contributed by atoms with van der Waals surface area (Å²) < 4.78 is 61.7. The van der Waals surface area contributed by atoms with Gasteiger partial charge in [0.1, 0.15) is 0 Å². The quantitative estimate of drug-likeness (QED) is 0.735. The lowest BCUT2D eigenvalue weighted by molar-refractivity contribution is -0.183. The normalized spacial score (nSPS) is 20.4. The number of hydrogen-bond acceptors (Lipinski definition) is 3. The van der Waals surface area contributed by atoms with E-state index in [1.165, 1.54) is 0 Å². The summed E-state index contributed by atoms with van der Waals surface area (Å²) in [6.45, 7) is 0.357. The molecule has 1 saturated heterocycles. The summed E-state index contributed by atoms with van der Waals surface area (Å²) in [5.74, 6) is -1.47. The minimum absolute atomic E-state index is 0.0472. The molecule has 1 fully saturated rings. The van der Waals surface area contributed by atoms with Crippen LogP contribution in [0.3, 0.4) is 0 Å². The molecule has 0 aliphatic carbocycles. The molecule has 2 amide bonds. The molecule has 1 unspecified atom stereocenters. The zero-order chi connectivity index (χ0) is 16.1. The molecule has 21 heavy (non-hydrogen) atoms. The summed E-state index contributed by atoms with van der Waals surface area (Å²) in [5.41, 5.74) is 0. The first-order valence-corrected chi connectivity index (χ1v) is 8.53. The van der Waals surface area contributed by atoms with Gasteiger partial charge in [-0.2, -0.15) is 13.2 Å². The SMILES string of the molecule is CS(=O)(=O)NCCCNC(=O)N1CCCC(C(F)(F)F)C1. The predicted octanol–water partition coefficient (Wildman–Crippen LogP) is 0.910. The first-order valence-electron chi connectivity index (χ1n) is 6.64. The maximum Gasteiger partial charge on any atom is 0.393 e. The van der Waals surface area contributed by atoms with Gasteiger partial charge >= 0.3 is 12.2 Å². The van der Waals surface area contributed by atoms with Crippen LogP contribution in [-0.2, 0) is 10.0 Å². The molecule has 0 spiro atoms. The fourth-order valence-corrected chi connectivity index (χ4v) is 2.60. The third-order valence-electron chi connectivity index (χ3n) is 3.17. The Balaban J connectivity index is 2.29. The summed E-state index contributed by atoms with van der Waals surface area (Å²) in [6, 6.07) is -0.539. The van der Waals surface area contributed by atoms with Crippen LogP contribution in [0, 0.1) is 5.92 Å². The molecule has 1 heterocycles. The molecule has 124 valence electrons. The van der Waals surface area contributed by atoms with Gasteiger partial charge in [0.05, 0.1) is 12.2 Å². The lowest BCUT2D eigenvalue weighted by atomic mass is 9.98. The molecular formula is C11H20F3N3O3S. The van der Waals surface area contributed by atoms with E-state index in [2.05, 4.69) is 10.0 Å². The Morgan fingerprint density at radius 3 is 2.57 bits per heavy atom. The number of amides is 2. The van der Waals surface area contributed by atoms with Crippen molar-refractivity contribution in [3.8, 4) is 0 Å². The number of nitrogens with zero attached hydrogens (tertiary/aromatic N) is 1. The number of carbonyl (C=O) groups excluding carboxylic acids is 1. The number of rotatable bonds is 5. The minimum Gasteiger partial charge on any atom is -0.338 e. The van der Waals surface area contributed by atoms with E-state index in [1.54, 1.807) is 0 Å². The Bertz CT molecular complexity index is 453. The fraction of sp³-hybridized carbons (Fsp3) is 0.909. The van der Waals surface area contributed by atoms with Crippen LogP contribution in [0.5, 0.6) is 0 Å². The number of sulfonamides is 1. The molecule has 2 N–H and O–H groups in total. The number of urea groups is 1. The monoisotopic (exact) mass is 331 g/mol. The minimum atomic E-state index is -4.28. The van der Waals surface area contributed by atoms with E-state index in [0.29, 0.717) is 19.4 Å². The van der Waals surface area contributed by atoms with Gasteiger partial charge in [-0.25, -0.2) is 17.9 Å². The third-order valence-corrected chi connectivity index (χ3v) is 3.89. The highest BCUT2D eigenvalue weighted by molar-refractivity contribution is 7.88. The molecule has 0 radical (unpaired) electrons. The second-order valence-electron chi connectivity index (χ2n) is 5.08. The van der Waals surface area contributed by atoms with Gasteiger partial charge in [0.2, 0.25) is 10.0 Å². The van der Waals surface area contributed by atoms with E-state index in [9.17, 15) is 26.4 Å². The van der Waals surface area contributed by atoms with Crippen LogP contribution in [-0.4, -0.2) is 58.0 Å². The van der Waals surface area contributed by atoms with Crippen molar-refractivity contribution in [3.05, 3.63) is 0 Å². The summed E-state index contributed by atoms with van der Waals surface area (Å²) in [5, 5.41) is 2.50. The van der Waals surface area contributed by atoms with Gasteiger partial charge in [-0.15, -0.1) is 0 Å². The smallest absolute Gasteiger partial charge is 0.338 e. The first kappa shape index (κ1) is 18.0. The van der Waals surface area contributed by atoms with Crippen molar-refractivity contribution in [1.82, 2.24) is 14.9 Å². The van der Waals surface area contributed by atoms with E-state index in [0.717, 1.165) is 11.2 Å². The van der Waals surface area contributed by atoms with Gasteiger partial charge in [-0.1, -0.05) is 0 Å². The maximum absolute atomic E-state index is 12.6. The Kier molecular flexibility index (Phi) is 6.26. The molecule has 1 rings (SSSR count). The van der Waals surface area contributed by atoms with Crippen molar-refractivity contribution in [2.45, 2.75) is 25.4 Å². The second kappa shape index (κ2) is 7.30. The summed E-state index contributed by atoms with van der Waals surface area (Å²) in [4.78, 5) is 12.9. The van der Waals surface area contributed by atoms with Gasteiger partial charge in [-0.05, 0) is 19.3 Å². The average molecular weight is 331 g/mol. The standard InChI is InChI=1S/C11H20F3N3O3S/c1-21(19,20)16-6-3-5-15-10(18)17-7-2-4-9(8-17)11(12,13)14/h9,16H,2-8H2,1H3,(H,15,18). The molecule has 0 aromatic carbocycles. The van der Waals surface area contributed by atoms with Gasteiger partial charge in [-0.3, -0.25) is 0 Å². The lowest BCUT2D eigenvalue weighted by Crippen LogP contribution is -2.48. The van der Waals surface area contributed by atoms with Crippen LogP contribution >= 0.6 is 0 Å². The van der Waals surface area contributed by atoms with Crippen molar-refractivity contribution in [2.75, 3.05) is 32.4 Å². The van der Waals surface area contributed by atoms with Gasteiger partial charge in [0.15, 0.2) is 0 Å². The number of halogens is 3. The average Bonchev–Trinajstić information content (AvgIpc) is 2.36. The maximum atomic E-state index is 12.6. The number of hydrogen-bond donors (Lipinski definition) is 2. The van der Waals surface area contributed by atoms with Gasteiger partial charge in [0.25, 0.3) is 0 Å². The van der Waals surface area contributed by atoms with E-state index in [-0.39, 0.29) is 26.1 Å². The molecule has 10 heteroatoms. The number of alkyl halides is 3. The lowest BCUT2D eigenvalue weighted by Gasteiger charge is -2.33. The molecule has 6 nitrogen and oxygen atoms in total. The largest absolute Gasteiger partial charge is 0.393 e. The third kappa shape index (κ3) is 6.98. The first-order chi connectivity index (χ1) is 9.59. The highest BCUT2D eigenvalue weighted by atomic mass is 32.2. The van der Waals surface area contributed by atoms with Crippen molar-refractivity contribution in [1.29, 1.82) is 0 Å². The van der Waals surface area contributed by atoms with E-state index in [1.807, 2.05) is 0 Å². The van der Waals surface area contributed by atoms with Gasteiger partial charge in [0, 0.05) is 26.2 Å². The number of likely N-dealkylation sites (tertiary alicyclic amines) is 1. The Morgan fingerprint density at radius 1 is 1.33 bits per heavy atom. The fourth-order valence-electron chi connectivity index (χ4n) is 2.08. The highest BCUT2D eigenvalue weighted by Gasteiger charge is 2.42. The zero-order valence-electron chi connectivity index (χ0n) is 11.7. The summed E-state index contributed by atoms with van der Waals surface area (Å²) in [7, 11) is -3.27. The Hall–Kier alpha value is -1.03. The topological polar surface area (TPSA) is 78.5 Å². The van der Waals surface area contributed by atoms with Crippen LogP contribution in [0.4, 0.5) is 18.0 Å². The molecule has 1 aliphatic heterocycles. The molecule has 0 saturated carbocycles. The van der Waals surface area contributed by atoms with E-state index in [4.69, 9.17) is 0 Å². The van der Waals surface area contributed by atoms with Crippen molar-refractivity contribution in [3.63, 3.8) is 0 Å². The Morgan fingerprint density at radius 2 is 2.00 bits per heavy atom. The van der Waals surface area contributed by atoms with Crippen molar-refractivity contribution < 1.29 is 26.4 Å². The van der Waals surface area contributed by atoms with Crippen LogP contribution in [0.15, 0.2) is 0 Å². The predicted molar refractivity (Wildman–Crippen MR) is 71.2 cm³/mol. The van der Waals surface area contributed by atoms with Crippen LogP contribution in [0.25, 0.3) is 0 Å². The van der Waals surface area contributed by atoms with Crippen molar-refractivity contribution >= 4 is 16.1 Å². The van der Waals surface area contributed by atoms with Crippen LogP contribution in [0.2, 0.25) is 0 Å². The number of carbonyl (C=O) groups is 1. The van der Waals surface area contributed by atoms with Crippen molar-refractivity contribution in [2.24, 2.45) is 5.92 Å². The zero-order valence-corrected chi connectivity index (χ0v) is 12.6. The molecular weight excluding hydrogens is 311 g/mol. The van der Waals surface area contributed by atoms with Gasteiger partial charge < -0.3 is 10.2 Å². The number of piperidine rings is 1. The second-order valence-corrected chi connectivity index (χ2v) is 6.91. The molecule has 0 bridgehead atoms. The van der Waals surface area contributed by atoms with Crippen LogP contribution < -0.4 is 10.0 Å². The number of nitrogens with one attached hydrogen (secondary N) is 2. The molecule has 1 atom stereocenters. The molecule has 0 aromatic rings. The van der Waals surface area contributed by atoms with E-state index >= 15 is 0 Å². The Labute approximate surface area is 122 Å². The highest BCUT2D eigenvalue weighted by Crippen LogP contribution is 2.32. The summed E-state index contributed by atoms with van der Waals surface area (Å²) >= 11 is 0. The molecule has 1 aliphatic rings. The van der Waals surface area contributed by atoms with Crippen LogP contribution in [0.1, 0.15) is 19.3 Å². The summed E-state index contributed by atoms with van der Waals surface area (Å²) in [6.07, 6.45) is -2.51.